The van der Waals surface area contributed by atoms with Crippen molar-refractivity contribution in [3.8, 4) is 11.1 Å². The Morgan fingerprint density at radius 3 is 1.97 bits per heavy atom. The summed E-state index contributed by atoms with van der Waals surface area (Å²) >= 11 is 0. The Morgan fingerprint density at radius 1 is 0.765 bits per heavy atom. The number of allylic oxidation sites excluding steroid dienone is 2. The van der Waals surface area contributed by atoms with Gasteiger partial charge >= 0.3 is 0 Å². The second-order valence-corrected chi connectivity index (χ2v) is 8.90. The molecule has 0 unspecified atom stereocenters. The van der Waals surface area contributed by atoms with Crippen LogP contribution in [0.2, 0.25) is 0 Å². The third-order valence-electron chi connectivity index (χ3n) is 6.77. The molecule has 0 saturated heterocycles. The first-order valence-corrected chi connectivity index (χ1v) is 11.6. The highest BCUT2D eigenvalue weighted by Crippen LogP contribution is 2.36. The fourth-order valence-electron chi connectivity index (χ4n) is 5.10. The van der Waals surface area contributed by atoms with Gasteiger partial charge in [0.2, 0.25) is 11.0 Å². The van der Waals surface area contributed by atoms with Crippen LogP contribution >= 0.6 is 0 Å². The Morgan fingerprint density at radius 2 is 1.41 bits per heavy atom. The lowest BCUT2D eigenvalue weighted by Crippen LogP contribution is -2.30. The fourth-order valence-corrected chi connectivity index (χ4v) is 5.10. The van der Waals surface area contributed by atoms with Gasteiger partial charge in [-0.15, -0.1) is 0 Å². The monoisotopic (exact) mass is 440 g/mol. The largest absolute Gasteiger partial charge is 0.350 e. The highest BCUT2D eigenvalue weighted by atomic mass is 14.9. The molecule has 1 aliphatic heterocycles. The van der Waals surface area contributed by atoms with E-state index in [1.165, 1.54) is 38.5 Å². The molecule has 34 heavy (non-hydrogen) atoms. The minimum absolute atomic E-state index is 1.01. The van der Waals surface area contributed by atoms with Crippen molar-refractivity contribution in [3.05, 3.63) is 120 Å². The highest BCUT2D eigenvalue weighted by molar-refractivity contribution is 6.07. The van der Waals surface area contributed by atoms with E-state index >= 15 is 0 Å². The zero-order valence-corrected chi connectivity index (χ0v) is 19.7. The van der Waals surface area contributed by atoms with Crippen LogP contribution in [0.4, 0.5) is 0 Å². The molecule has 5 aromatic rings. The molecule has 3 heteroatoms. The van der Waals surface area contributed by atoms with Crippen molar-refractivity contribution in [2.24, 2.45) is 19.1 Å². The molecule has 0 fully saturated rings. The number of hydrogen-bond acceptors (Lipinski definition) is 1. The van der Waals surface area contributed by atoms with E-state index in [0.717, 1.165) is 22.7 Å². The second-order valence-electron chi connectivity index (χ2n) is 8.90. The number of hydrogen-bond donors (Lipinski definition) is 0. The van der Waals surface area contributed by atoms with Crippen molar-refractivity contribution < 1.29 is 4.57 Å². The molecule has 0 saturated carbocycles. The standard InChI is InChI=1S/C31H26N3/c1-21-14-19-26(32-21)31(29-13-8-20-33(29)2)23-17-15-22(16-18-23)30-24-9-4-6-11-27(24)34(3)28-12-7-5-10-25(28)30/h4-20H,1-3H3/q+1. The number of aromatic nitrogens is 2. The van der Waals surface area contributed by atoms with Gasteiger partial charge in [0.1, 0.15) is 7.05 Å². The molecule has 2 aromatic heterocycles. The summed E-state index contributed by atoms with van der Waals surface area (Å²) in [5.41, 5.74) is 10.5. The van der Waals surface area contributed by atoms with Crippen LogP contribution in [-0.2, 0) is 14.1 Å². The highest BCUT2D eigenvalue weighted by Gasteiger charge is 2.20. The van der Waals surface area contributed by atoms with Crippen LogP contribution in [0.25, 0.3) is 38.5 Å². The first kappa shape index (κ1) is 20.4. The fraction of sp³-hybridized carbons (Fsp3) is 0.0968. The molecule has 3 aromatic carbocycles. The average molecular weight is 441 g/mol. The van der Waals surface area contributed by atoms with Crippen molar-refractivity contribution in [2.75, 3.05) is 0 Å². The van der Waals surface area contributed by atoms with Crippen molar-refractivity contribution in [3.63, 3.8) is 0 Å². The molecule has 0 amide bonds. The molecule has 6 rings (SSSR count). The van der Waals surface area contributed by atoms with Gasteiger partial charge in [0.25, 0.3) is 0 Å². The molecular weight excluding hydrogens is 414 g/mol. The summed E-state index contributed by atoms with van der Waals surface area (Å²) in [5, 5.41) is 2.52. The molecule has 0 N–H and O–H groups in total. The van der Waals surface area contributed by atoms with Gasteiger partial charge in [0.15, 0.2) is 0 Å². The minimum Gasteiger partial charge on any atom is -0.350 e. The Bertz CT molecular complexity index is 1600. The topological polar surface area (TPSA) is 21.2 Å². The summed E-state index contributed by atoms with van der Waals surface area (Å²) in [5.74, 6) is 0. The maximum Gasteiger partial charge on any atom is 0.213 e. The number of para-hydroxylation sites is 2. The van der Waals surface area contributed by atoms with Gasteiger partial charge in [-0.05, 0) is 54.5 Å². The third kappa shape index (κ3) is 3.20. The van der Waals surface area contributed by atoms with Gasteiger partial charge in [-0.25, -0.2) is 0 Å². The van der Waals surface area contributed by atoms with Crippen molar-refractivity contribution in [1.29, 1.82) is 0 Å². The maximum atomic E-state index is 4.80. The van der Waals surface area contributed by atoms with E-state index in [2.05, 4.69) is 127 Å². The quantitative estimate of drug-likeness (QED) is 0.222. The van der Waals surface area contributed by atoms with Crippen molar-refractivity contribution in [1.82, 2.24) is 4.57 Å². The Labute approximate surface area is 199 Å². The van der Waals surface area contributed by atoms with E-state index in [9.17, 15) is 0 Å². The number of fused-ring (bicyclic) bond motifs is 2. The molecule has 0 bridgehead atoms. The van der Waals surface area contributed by atoms with Crippen LogP contribution < -0.4 is 4.57 Å². The SMILES string of the molecule is CC1=N/C(=C(\c2ccc(-c3c4ccccc4[n+](C)c4ccccc34)cc2)c2cccn2C)C=C1. The zero-order valence-electron chi connectivity index (χ0n) is 19.7. The van der Waals surface area contributed by atoms with E-state index < -0.39 is 0 Å². The molecule has 164 valence electrons. The molecule has 3 heterocycles. The number of aliphatic imine (C=N–C) groups is 1. The van der Waals surface area contributed by atoms with Crippen molar-refractivity contribution in [2.45, 2.75) is 6.92 Å². The predicted molar refractivity (Wildman–Crippen MR) is 142 cm³/mol. The lowest BCUT2D eigenvalue weighted by molar-refractivity contribution is -0.617. The lowest BCUT2D eigenvalue weighted by Gasteiger charge is -2.14. The van der Waals surface area contributed by atoms with Crippen LogP contribution in [0.15, 0.2) is 114 Å². The van der Waals surface area contributed by atoms with Gasteiger partial charge in [-0.1, -0.05) is 48.5 Å². The molecule has 0 atom stereocenters. The van der Waals surface area contributed by atoms with Crippen LogP contribution in [0.3, 0.4) is 0 Å². The van der Waals surface area contributed by atoms with Crippen LogP contribution in [0.1, 0.15) is 18.2 Å². The van der Waals surface area contributed by atoms with Gasteiger partial charge in [-0.3, -0.25) is 4.99 Å². The Balaban J connectivity index is 1.57. The van der Waals surface area contributed by atoms with Crippen molar-refractivity contribution >= 4 is 33.1 Å². The lowest BCUT2D eigenvalue weighted by atomic mass is 9.93. The molecule has 3 nitrogen and oxygen atoms in total. The number of benzene rings is 3. The number of nitrogens with zero attached hydrogens (tertiary/aromatic N) is 3. The minimum atomic E-state index is 1.01. The van der Waals surface area contributed by atoms with Gasteiger partial charge in [-0.2, -0.15) is 4.57 Å². The summed E-state index contributed by atoms with van der Waals surface area (Å²) in [6.07, 6.45) is 6.28. The van der Waals surface area contributed by atoms with Gasteiger partial charge in [0, 0.05) is 42.2 Å². The smallest absolute Gasteiger partial charge is 0.213 e. The molecule has 1 aliphatic rings. The maximum absolute atomic E-state index is 4.80. The van der Waals surface area contributed by atoms with Gasteiger partial charge in [0.05, 0.1) is 22.2 Å². The number of aryl methyl sites for hydroxylation is 2. The summed E-state index contributed by atoms with van der Waals surface area (Å²) < 4.78 is 4.44. The predicted octanol–water partition coefficient (Wildman–Crippen LogP) is 6.61. The summed E-state index contributed by atoms with van der Waals surface area (Å²) in [4.78, 5) is 4.80. The van der Waals surface area contributed by atoms with E-state index in [1.807, 2.05) is 6.92 Å². The van der Waals surface area contributed by atoms with E-state index in [0.29, 0.717) is 0 Å². The number of rotatable bonds is 3. The number of pyridine rings is 1. The third-order valence-corrected chi connectivity index (χ3v) is 6.77. The van der Waals surface area contributed by atoms with Gasteiger partial charge < -0.3 is 4.57 Å². The summed E-state index contributed by atoms with van der Waals surface area (Å²) in [6.45, 7) is 2.04. The zero-order chi connectivity index (χ0) is 23.2. The summed E-state index contributed by atoms with van der Waals surface area (Å²) in [6, 6.07) is 30.5. The van der Waals surface area contributed by atoms with Crippen LogP contribution in [0.5, 0.6) is 0 Å². The molecule has 0 spiro atoms. The van der Waals surface area contributed by atoms with Crippen LogP contribution in [0, 0.1) is 0 Å². The Hall–Kier alpha value is -4.24. The molecular formula is C31H26N3+. The first-order valence-electron chi connectivity index (χ1n) is 11.6. The van der Waals surface area contributed by atoms with E-state index in [1.54, 1.807) is 0 Å². The molecule has 0 radical (unpaired) electrons. The van der Waals surface area contributed by atoms with E-state index in [4.69, 9.17) is 4.99 Å². The second kappa shape index (κ2) is 7.96. The first-order chi connectivity index (χ1) is 16.6. The normalized spacial score (nSPS) is 14.7. The van der Waals surface area contributed by atoms with Crippen LogP contribution in [-0.4, -0.2) is 10.3 Å². The average Bonchev–Trinajstić information content (AvgIpc) is 3.49. The van der Waals surface area contributed by atoms with E-state index in [-0.39, 0.29) is 0 Å². The summed E-state index contributed by atoms with van der Waals surface area (Å²) in [7, 11) is 4.23. The molecule has 0 aliphatic carbocycles. The Kier molecular flexibility index (Phi) is 4.77.